The minimum absolute atomic E-state index is 0.107. The van der Waals surface area contributed by atoms with Gasteiger partial charge in [0.2, 0.25) is 0 Å². The Balaban J connectivity index is 0.843. The molecule has 3 aromatic heterocycles. The van der Waals surface area contributed by atoms with Crippen molar-refractivity contribution in [3.63, 3.8) is 0 Å². The monoisotopic (exact) mass is 1020 g/mol. The van der Waals surface area contributed by atoms with Crippen molar-refractivity contribution in [2.24, 2.45) is 0 Å². The van der Waals surface area contributed by atoms with Crippen LogP contribution in [-0.2, 0) is 0 Å². The zero-order valence-corrected chi connectivity index (χ0v) is 42.0. The molecular weight excluding hydrogens is 976 g/mol. The number of benzene rings is 14. The Hall–Kier alpha value is -9.24. The van der Waals surface area contributed by atoms with Gasteiger partial charge in [-0.2, -0.15) is 0 Å². The van der Waals surface area contributed by atoms with Gasteiger partial charge in [0, 0.05) is 0 Å². The van der Waals surface area contributed by atoms with Crippen LogP contribution in [0.15, 0.2) is 251 Å². The van der Waals surface area contributed by atoms with E-state index in [9.17, 15) is 0 Å². The van der Waals surface area contributed by atoms with Crippen molar-refractivity contribution in [2.45, 2.75) is 0 Å². The normalized spacial score (nSPS) is 12.3. The van der Waals surface area contributed by atoms with Crippen LogP contribution in [0.3, 0.4) is 0 Å². The molecule has 17 aromatic rings. The van der Waals surface area contributed by atoms with Gasteiger partial charge in [0.15, 0.2) is 0 Å². The first kappa shape index (κ1) is 41.3. The third-order valence-electron chi connectivity index (χ3n) is 16.2. The van der Waals surface area contributed by atoms with Crippen molar-refractivity contribution in [1.29, 1.82) is 0 Å². The number of fused-ring (bicyclic) bond motifs is 15. The van der Waals surface area contributed by atoms with Crippen molar-refractivity contribution in [3.05, 3.63) is 243 Å². The average Bonchev–Trinajstić information content (AvgIpc) is 4.14. The first-order valence-corrected chi connectivity index (χ1v) is 27.4. The van der Waals surface area contributed by atoms with E-state index in [1.54, 1.807) is 0 Å². The molecule has 0 saturated heterocycles. The van der Waals surface area contributed by atoms with Crippen LogP contribution in [-0.4, -0.2) is 14.5 Å². The van der Waals surface area contributed by atoms with Crippen LogP contribution in [0, 0.1) is 0 Å². The molecule has 14 aromatic carbocycles. The molecule has 0 aliphatic heterocycles. The van der Waals surface area contributed by atoms with Crippen LogP contribution in [0.1, 0.15) is 0 Å². The standard InChI is InChI=1S/C72H40O2Se/c1-3-16-43-38-64-60(34-41(43)14-1)58-36-45(29-32-62(58)73-64)68-48-18-5-7-20-50(48)70(51-21-8-6-19-49(51)68)47-28-31-56-67(40-47)75-66-27-13-26-57(72(56)66)71-54-24-11-9-22-52(54)69(53-23-10-12-25-55(53)71)46-30-33-63-59(37-46)61-35-42-15-2-4-17-44(42)39-65(61)74-63/h1-40H. The molecule has 3 heterocycles. The van der Waals surface area contributed by atoms with Gasteiger partial charge in [0.25, 0.3) is 0 Å². The summed E-state index contributed by atoms with van der Waals surface area (Å²) in [6.45, 7) is 0. The quantitative estimate of drug-likeness (QED) is 0.130. The molecule has 0 atom stereocenters. The molecule has 17 rings (SSSR count). The number of rotatable bonds is 4. The number of furan rings is 2. The third-order valence-corrected chi connectivity index (χ3v) is 18.5. The zero-order chi connectivity index (χ0) is 48.9. The molecule has 0 aliphatic rings. The third kappa shape index (κ3) is 6.02. The molecule has 0 unspecified atom stereocenters. The fourth-order valence-corrected chi connectivity index (χ4v) is 15.4. The summed E-state index contributed by atoms with van der Waals surface area (Å²) >= 11 is 0.107. The minimum atomic E-state index is 0.107. The van der Waals surface area contributed by atoms with E-state index < -0.39 is 0 Å². The maximum atomic E-state index is 6.49. The van der Waals surface area contributed by atoms with E-state index in [1.807, 2.05) is 0 Å². The van der Waals surface area contributed by atoms with E-state index in [1.165, 1.54) is 128 Å². The summed E-state index contributed by atoms with van der Waals surface area (Å²) in [6, 6.07) is 90.0. The van der Waals surface area contributed by atoms with E-state index in [2.05, 4.69) is 243 Å². The van der Waals surface area contributed by atoms with Crippen LogP contribution in [0.5, 0.6) is 0 Å². The van der Waals surface area contributed by atoms with Crippen molar-refractivity contribution in [3.8, 4) is 44.5 Å². The second kappa shape index (κ2) is 15.6. The van der Waals surface area contributed by atoms with Crippen molar-refractivity contribution >= 4 is 142 Å². The topological polar surface area (TPSA) is 26.3 Å². The first-order valence-electron chi connectivity index (χ1n) is 25.7. The Morgan fingerprint density at radius 1 is 0.227 bits per heavy atom. The molecule has 0 fully saturated rings. The Kier molecular flexibility index (Phi) is 8.60. The van der Waals surface area contributed by atoms with Crippen molar-refractivity contribution in [1.82, 2.24) is 0 Å². The SMILES string of the molecule is c1ccc2cc3c(cc2c1)oc1ccc(-c2c4ccccc4c(-c4ccc5c(c4)[se]c4cccc(-c6c7ccccc7c(-c7ccc8oc9cc%10ccccc%10cc9c8c7)c7ccccc67)c45)c4ccccc24)cc13. The summed E-state index contributed by atoms with van der Waals surface area (Å²) in [5.74, 6) is 0. The van der Waals surface area contributed by atoms with Crippen LogP contribution in [0.2, 0.25) is 0 Å². The molecule has 0 radical (unpaired) electrons. The first-order chi connectivity index (χ1) is 37.2. The second-order valence-corrected chi connectivity index (χ2v) is 22.5. The fraction of sp³-hybridized carbons (Fsp3) is 0. The van der Waals surface area contributed by atoms with E-state index in [-0.39, 0.29) is 14.5 Å². The Labute approximate surface area is 435 Å². The molecule has 2 nitrogen and oxygen atoms in total. The number of hydrogen-bond acceptors (Lipinski definition) is 2. The predicted octanol–water partition coefficient (Wildman–Crippen LogP) is 20.4. The fourth-order valence-electron chi connectivity index (χ4n) is 12.9. The molecular formula is C72H40O2Se. The van der Waals surface area contributed by atoms with E-state index in [0.717, 1.165) is 43.9 Å². The Morgan fingerprint density at radius 3 is 1.05 bits per heavy atom. The molecule has 0 saturated carbocycles. The summed E-state index contributed by atoms with van der Waals surface area (Å²) in [4.78, 5) is 0. The summed E-state index contributed by atoms with van der Waals surface area (Å²) in [6.07, 6.45) is 0. The summed E-state index contributed by atoms with van der Waals surface area (Å²) in [5, 5.41) is 22.1. The van der Waals surface area contributed by atoms with Gasteiger partial charge in [-0.1, -0.05) is 48.5 Å². The maximum absolute atomic E-state index is 6.49. The van der Waals surface area contributed by atoms with Crippen LogP contribution in [0.25, 0.3) is 172 Å². The summed E-state index contributed by atoms with van der Waals surface area (Å²) in [7, 11) is 0. The van der Waals surface area contributed by atoms with E-state index in [0.29, 0.717) is 0 Å². The van der Waals surface area contributed by atoms with E-state index in [4.69, 9.17) is 8.83 Å². The predicted molar refractivity (Wildman–Crippen MR) is 320 cm³/mol. The number of hydrogen-bond donors (Lipinski definition) is 0. The van der Waals surface area contributed by atoms with Gasteiger partial charge in [-0.15, -0.1) is 0 Å². The molecule has 346 valence electrons. The molecule has 0 bridgehead atoms. The van der Waals surface area contributed by atoms with Gasteiger partial charge in [0.05, 0.1) is 0 Å². The Morgan fingerprint density at radius 2 is 0.600 bits per heavy atom. The summed E-state index contributed by atoms with van der Waals surface area (Å²) < 4.78 is 15.8. The summed E-state index contributed by atoms with van der Waals surface area (Å²) in [5.41, 5.74) is 13.6. The average molecular weight is 1020 g/mol. The molecule has 0 aliphatic carbocycles. The molecule has 3 heteroatoms. The van der Waals surface area contributed by atoms with Crippen LogP contribution < -0.4 is 0 Å². The molecule has 75 heavy (non-hydrogen) atoms. The van der Waals surface area contributed by atoms with Gasteiger partial charge in [-0.25, -0.2) is 0 Å². The van der Waals surface area contributed by atoms with Gasteiger partial charge in [-0.3, -0.25) is 0 Å². The Bertz CT molecular complexity index is 5200. The van der Waals surface area contributed by atoms with E-state index >= 15 is 0 Å². The van der Waals surface area contributed by atoms with Crippen molar-refractivity contribution in [2.75, 3.05) is 0 Å². The van der Waals surface area contributed by atoms with Gasteiger partial charge >= 0.3 is 356 Å². The van der Waals surface area contributed by atoms with Gasteiger partial charge in [0.1, 0.15) is 0 Å². The molecule has 0 spiro atoms. The molecule has 0 N–H and O–H groups in total. The van der Waals surface area contributed by atoms with Gasteiger partial charge < -0.3 is 0 Å². The van der Waals surface area contributed by atoms with Crippen LogP contribution in [0.4, 0.5) is 0 Å². The van der Waals surface area contributed by atoms with Crippen LogP contribution >= 0.6 is 0 Å². The van der Waals surface area contributed by atoms with Crippen molar-refractivity contribution < 1.29 is 8.83 Å². The zero-order valence-electron chi connectivity index (χ0n) is 40.3. The van der Waals surface area contributed by atoms with Gasteiger partial charge in [-0.05, 0) is 33.7 Å². The second-order valence-electron chi connectivity index (χ2n) is 20.2. The molecule has 0 amide bonds.